The Hall–Kier alpha value is -1.12. The third-order valence-corrected chi connectivity index (χ3v) is 8.35. The molecular weight excluding hydrogens is 312 g/mol. The van der Waals surface area contributed by atoms with Gasteiger partial charge in [0.25, 0.3) is 0 Å². The lowest BCUT2D eigenvalue weighted by Crippen LogP contribution is -2.50. The van der Waals surface area contributed by atoms with Crippen LogP contribution in [0.1, 0.15) is 78.6 Å². The van der Waals surface area contributed by atoms with Gasteiger partial charge in [-0.3, -0.25) is 9.59 Å². The number of rotatable bonds is 2. The Balaban J connectivity index is 1.56. The van der Waals surface area contributed by atoms with Gasteiger partial charge in [0.2, 0.25) is 0 Å². The first-order valence-electron chi connectivity index (χ1n) is 10.3. The molecule has 4 aliphatic carbocycles. The van der Waals surface area contributed by atoms with Gasteiger partial charge in [0.15, 0.2) is 0 Å². The summed E-state index contributed by atoms with van der Waals surface area (Å²) in [6.45, 7) is 6.56. The lowest BCUT2D eigenvalue weighted by Gasteiger charge is -2.56. The predicted molar refractivity (Wildman–Crippen MR) is 96.9 cm³/mol. The van der Waals surface area contributed by atoms with Crippen LogP contribution in [0, 0.1) is 28.6 Å². The van der Waals surface area contributed by atoms with Crippen LogP contribution in [0.2, 0.25) is 0 Å². The second kappa shape index (κ2) is 5.96. The molecule has 3 fully saturated rings. The van der Waals surface area contributed by atoms with Gasteiger partial charge in [-0.15, -0.1) is 0 Å². The van der Waals surface area contributed by atoms with E-state index in [0.29, 0.717) is 30.0 Å². The number of ether oxygens (including phenoxy) is 1. The lowest BCUT2D eigenvalue weighted by molar-refractivity contribution is -0.151. The van der Waals surface area contributed by atoms with Crippen molar-refractivity contribution in [3.05, 3.63) is 11.6 Å². The zero-order chi connectivity index (χ0) is 17.8. The molecule has 3 saturated carbocycles. The molecule has 0 heterocycles. The van der Waals surface area contributed by atoms with Crippen molar-refractivity contribution in [1.29, 1.82) is 0 Å². The molecule has 0 unspecified atom stereocenters. The Morgan fingerprint density at radius 3 is 2.64 bits per heavy atom. The molecular formula is C22H32O3. The molecule has 0 amide bonds. The second-order valence-corrected chi connectivity index (χ2v) is 9.39. The standard InChI is InChI=1S/C22H32O3/c1-4-20(24)25-15-9-11-21(2)14(13-15)5-6-16-17-7-8-19(23)22(17,3)12-10-18(16)21/h5,15-18H,4,6-13H2,1-3H3/t15-,16-,17-,18-,21-,22-/m0/s1. The van der Waals surface area contributed by atoms with Crippen molar-refractivity contribution in [2.75, 3.05) is 0 Å². The smallest absolute Gasteiger partial charge is 0.305 e. The maximum Gasteiger partial charge on any atom is 0.305 e. The van der Waals surface area contributed by atoms with Crippen molar-refractivity contribution < 1.29 is 14.3 Å². The molecule has 0 aromatic heterocycles. The number of carbonyl (C=O) groups excluding carboxylic acids is 2. The van der Waals surface area contributed by atoms with E-state index in [2.05, 4.69) is 19.9 Å². The summed E-state index contributed by atoms with van der Waals surface area (Å²) in [5.41, 5.74) is 1.74. The minimum atomic E-state index is -0.0687. The van der Waals surface area contributed by atoms with Crippen LogP contribution in [-0.4, -0.2) is 17.9 Å². The molecule has 3 heteroatoms. The van der Waals surface area contributed by atoms with Gasteiger partial charge in [-0.1, -0.05) is 32.4 Å². The summed E-state index contributed by atoms with van der Waals surface area (Å²) >= 11 is 0. The molecule has 0 N–H and O–H groups in total. The number of ketones is 1. The molecule has 25 heavy (non-hydrogen) atoms. The SMILES string of the molecule is CCC(=O)O[C@H]1CC[C@@]2(C)C(=CC[C@@H]3[C@@H]2CC[C@]2(C)C(=O)CC[C@@H]32)C1. The van der Waals surface area contributed by atoms with Crippen LogP contribution in [0.5, 0.6) is 0 Å². The van der Waals surface area contributed by atoms with E-state index in [-0.39, 0.29) is 22.9 Å². The molecule has 0 aromatic rings. The highest BCUT2D eigenvalue weighted by atomic mass is 16.5. The first kappa shape index (κ1) is 17.3. The fraction of sp³-hybridized carbons (Fsp3) is 0.818. The molecule has 0 aromatic carbocycles. The topological polar surface area (TPSA) is 43.4 Å². The highest BCUT2D eigenvalue weighted by Gasteiger charge is 2.58. The molecule has 0 radical (unpaired) electrons. The average Bonchev–Trinajstić information content (AvgIpc) is 2.90. The van der Waals surface area contributed by atoms with Crippen LogP contribution in [0.3, 0.4) is 0 Å². The summed E-state index contributed by atoms with van der Waals surface area (Å²) < 4.78 is 5.65. The number of fused-ring (bicyclic) bond motifs is 5. The number of allylic oxidation sites excluding steroid dienone is 1. The summed E-state index contributed by atoms with van der Waals surface area (Å²) in [6.07, 6.45) is 11.3. The van der Waals surface area contributed by atoms with Gasteiger partial charge in [0.05, 0.1) is 0 Å². The van der Waals surface area contributed by atoms with E-state index in [9.17, 15) is 9.59 Å². The zero-order valence-electron chi connectivity index (χ0n) is 16.0. The van der Waals surface area contributed by atoms with Crippen LogP contribution < -0.4 is 0 Å². The Labute approximate surface area is 151 Å². The van der Waals surface area contributed by atoms with E-state index in [1.807, 2.05) is 6.92 Å². The van der Waals surface area contributed by atoms with Crippen molar-refractivity contribution in [3.8, 4) is 0 Å². The number of hydrogen-bond acceptors (Lipinski definition) is 3. The van der Waals surface area contributed by atoms with Crippen molar-refractivity contribution in [3.63, 3.8) is 0 Å². The second-order valence-electron chi connectivity index (χ2n) is 9.39. The first-order chi connectivity index (χ1) is 11.9. The highest BCUT2D eigenvalue weighted by molar-refractivity contribution is 5.87. The first-order valence-corrected chi connectivity index (χ1v) is 10.3. The molecule has 3 nitrogen and oxygen atoms in total. The summed E-state index contributed by atoms with van der Waals surface area (Å²) in [7, 11) is 0. The average molecular weight is 344 g/mol. The maximum atomic E-state index is 12.5. The Morgan fingerprint density at radius 2 is 1.88 bits per heavy atom. The summed E-state index contributed by atoms with van der Waals surface area (Å²) in [6, 6.07) is 0. The van der Waals surface area contributed by atoms with Gasteiger partial charge in [-0.25, -0.2) is 0 Å². The summed E-state index contributed by atoms with van der Waals surface area (Å²) in [5.74, 6) is 2.42. The molecule has 6 atom stereocenters. The molecule has 0 aliphatic heterocycles. The third kappa shape index (κ3) is 2.52. The molecule has 0 spiro atoms. The van der Waals surface area contributed by atoms with Gasteiger partial charge in [0, 0.05) is 24.7 Å². The van der Waals surface area contributed by atoms with Crippen LogP contribution in [0.4, 0.5) is 0 Å². The van der Waals surface area contributed by atoms with E-state index >= 15 is 0 Å². The van der Waals surface area contributed by atoms with Gasteiger partial charge in [0.1, 0.15) is 11.9 Å². The largest absolute Gasteiger partial charge is 0.462 e. The Morgan fingerprint density at radius 1 is 1.16 bits per heavy atom. The summed E-state index contributed by atoms with van der Waals surface area (Å²) in [5, 5.41) is 0. The van der Waals surface area contributed by atoms with E-state index < -0.39 is 0 Å². The lowest BCUT2D eigenvalue weighted by atomic mass is 9.48. The van der Waals surface area contributed by atoms with Crippen LogP contribution in [-0.2, 0) is 14.3 Å². The molecule has 0 saturated heterocycles. The van der Waals surface area contributed by atoms with Gasteiger partial charge in [-0.2, -0.15) is 0 Å². The van der Waals surface area contributed by atoms with Crippen LogP contribution in [0.15, 0.2) is 11.6 Å². The predicted octanol–water partition coefficient (Wildman–Crippen LogP) is 4.84. The maximum absolute atomic E-state index is 12.5. The molecule has 138 valence electrons. The normalized spacial score (nSPS) is 45.9. The monoisotopic (exact) mass is 344 g/mol. The van der Waals surface area contributed by atoms with Crippen molar-refractivity contribution in [2.45, 2.75) is 84.7 Å². The van der Waals surface area contributed by atoms with E-state index in [1.54, 1.807) is 0 Å². The van der Waals surface area contributed by atoms with Crippen molar-refractivity contribution >= 4 is 11.8 Å². The van der Waals surface area contributed by atoms with Gasteiger partial charge >= 0.3 is 5.97 Å². The highest BCUT2D eigenvalue weighted by Crippen LogP contribution is 2.64. The minimum Gasteiger partial charge on any atom is -0.462 e. The number of hydrogen-bond donors (Lipinski definition) is 0. The fourth-order valence-corrected chi connectivity index (χ4v) is 6.77. The van der Waals surface area contributed by atoms with E-state index in [4.69, 9.17) is 4.74 Å². The van der Waals surface area contributed by atoms with E-state index in [0.717, 1.165) is 44.9 Å². The zero-order valence-corrected chi connectivity index (χ0v) is 16.0. The Bertz CT molecular complexity index is 621. The van der Waals surface area contributed by atoms with Crippen LogP contribution in [0.25, 0.3) is 0 Å². The van der Waals surface area contributed by atoms with Crippen molar-refractivity contribution in [2.24, 2.45) is 28.6 Å². The number of carbonyl (C=O) groups is 2. The molecule has 4 rings (SSSR count). The summed E-state index contributed by atoms with van der Waals surface area (Å²) in [4.78, 5) is 24.1. The van der Waals surface area contributed by atoms with Gasteiger partial charge < -0.3 is 4.74 Å². The molecule has 0 bridgehead atoms. The third-order valence-electron chi connectivity index (χ3n) is 8.35. The van der Waals surface area contributed by atoms with Crippen LogP contribution >= 0.6 is 0 Å². The fourth-order valence-electron chi connectivity index (χ4n) is 6.77. The number of esters is 1. The van der Waals surface area contributed by atoms with E-state index in [1.165, 1.54) is 12.0 Å². The number of Topliss-reactive ketones (excluding diaryl/α,β-unsaturated/α-hetero) is 1. The van der Waals surface area contributed by atoms with Crippen molar-refractivity contribution in [1.82, 2.24) is 0 Å². The van der Waals surface area contributed by atoms with Gasteiger partial charge in [-0.05, 0) is 61.7 Å². The minimum absolute atomic E-state index is 0.0449. The molecule has 4 aliphatic rings. The quantitative estimate of drug-likeness (QED) is 0.532. The Kier molecular flexibility index (Phi) is 4.12.